The van der Waals surface area contributed by atoms with E-state index in [0.29, 0.717) is 0 Å². The van der Waals surface area contributed by atoms with Gasteiger partial charge < -0.3 is 5.32 Å². The molecule has 1 heteroatoms. The van der Waals surface area contributed by atoms with Crippen LogP contribution in [0.2, 0.25) is 0 Å². The Hall–Kier alpha value is -3.84. The van der Waals surface area contributed by atoms with Gasteiger partial charge in [-0.1, -0.05) is 117 Å². The lowest BCUT2D eigenvalue weighted by Crippen LogP contribution is -1.91. The zero-order valence-electron chi connectivity index (χ0n) is 19.2. The molecule has 0 heterocycles. The molecule has 0 spiro atoms. The van der Waals surface area contributed by atoms with Gasteiger partial charge in [-0.3, -0.25) is 0 Å². The molecule has 33 heavy (non-hydrogen) atoms. The maximum atomic E-state index is 3.49. The molecule has 0 amide bonds. The van der Waals surface area contributed by atoms with Gasteiger partial charge in [0.15, 0.2) is 0 Å². The summed E-state index contributed by atoms with van der Waals surface area (Å²) < 4.78 is 0. The van der Waals surface area contributed by atoms with Gasteiger partial charge in [-0.15, -0.1) is 0 Å². The molecule has 0 aliphatic carbocycles. The summed E-state index contributed by atoms with van der Waals surface area (Å²) in [5, 5.41) is 3.49. The third-order valence-corrected chi connectivity index (χ3v) is 5.64. The highest BCUT2D eigenvalue weighted by Gasteiger charge is 1.97. The smallest absolute Gasteiger partial charge is 0.0384 e. The van der Waals surface area contributed by atoms with E-state index in [4.69, 9.17) is 0 Å². The first-order valence-electron chi connectivity index (χ1n) is 11.8. The van der Waals surface area contributed by atoms with E-state index in [-0.39, 0.29) is 0 Å². The van der Waals surface area contributed by atoms with Crippen LogP contribution in [0.3, 0.4) is 0 Å². The van der Waals surface area contributed by atoms with Crippen molar-refractivity contribution < 1.29 is 0 Å². The zero-order valence-corrected chi connectivity index (χ0v) is 19.2. The molecule has 0 unspecified atom stereocenters. The second-order valence-electron chi connectivity index (χ2n) is 8.29. The lowest BCUT2D eigenvalue weighted by Gasteiger charge is -2.08. The van der Waals surface area contributed by atoms with Crippen LogP contribution in [-0.2, 0) is 6.42 Å². The molecule has 1 nitrogen and oxygen atoms in total. The molecule has 0 saturated carbocycles. The average Bonchev–Trinajstić information content (AvgIpc) is 2.88. The van der Waals surface area contributed by atoms with E-state index in [1.807, 2.05) is 6.07 Å². The summed E-state index contributed by atoms with van der Waals surface area (Å²) in [7, 11) is 0. The molecular formula is C32H31N. The standard InChI is InChI=1S/C32H31N/c1-2-3-7-27-18-22-31(23-19-27)33-32-24-20-30(21-25-32)17-16-29-14-12-28(13-15-29)11-10-26-8-5-4-6-9-26/h4-6,8-25,33H,2-3,7H2,1H3/b11-10+,17-16+. The van der Waals surface area contributed by atoms with Crippen molar-refractivity contribution in [2.24, 2.45) is 0 Å². The first-order valence-corrected chi connectivity index (χ1v) is 11.8. The summed E-state index contributed by atoms with van der Waals surface area (Å²) in [6.45, 7) is 2.23. The number of benzene rings is 4. The van der Waals surface area contributed by atoms with Gasteiger partial charge in [-0.25, -0.2) is 0 Å². The van der Waals surface area contributed by atoms with Crippen molar-refractivity contribution in [3.05, 3.63) is 131 Å². The zero-order chi connectivity index (χ0) is 22.7. The molecule has 0 atom stereocenters. The molecule has 4 aromatic rings. The van der Waals surface area contributed by atoms with Gasteiger partial charge in [0.25, 0.3) is 0 Å². The Labute approximate surface area is 198 Å². The molecule has 0 fully saturated rings. The van der Waals surface area contributed by atoms with Gasteiger partial charge in [0.05, 0.1) is 0 Å². The van der Waals surface area contributed by atoms with Crippen molar-refractivity contribution in [1.82, 2.24) is 0 Å². The highest BCUT2D eigenvalue weighted by atomic mass is 14.9. The molecule has 0 aliphatic heterocycles. The molecule has 1 N–H and O–H groups in total. The average molecular weight is 430 g/mol. The quantitative estimate of drug-likeness (QED) is 0.262. The fourth-order valence-corrected chi connectivity index (χ4v) is 3.65. The van der Waals surface area contributed by atoms with Crippen LogP contribution in [0.15, 0.2) is 103 Å². The van der Waals surface area contributed by atoms with E-state index in [1.54, 1.807) is 0 Å². The number of aryl methyl sites for hydroxylation is 1. The van der Waals surface area contributed by atoms with Gasteiger partial charge in [0.1, 0.15) is 0 Å². The molecule has 4 rings (SSSR count). The molecule has 164 valence electrons. The minimum absolute atomic E-state index is 1.10. The Morgan fingerprint density at radius 3 is 1.42 bits per heavy atom. The van der Waals surface area contributed by atoms with E-state index in [2.05, 4.69) is 134 Å². The predicted octanol–water partition coefficient (Wildman–Crippen LogP) is 9.11. The van der Waals surface area contributed by atoms with E-state index >= 15 is 0 Å². The number of nitrogens with one attached hydrogen (secondary N) is 1. The Balaban J connectivity index is 1.32. The molecule has 4 aromatic carbocycles. The van der Waals surface area contributed by atoms with Crippen molar-refractivity contribution in [3.63, 3.8) is 0 Å². The summed E-state index contributed by atoms with van der Waals surface area (Å²) in [5.41, 5.74) is 8.42. The van der Waals surface area contributed by atoms with E-state index in [1.165, 1.54) is 40.7 Å². The van der Waals surface area contributed by atoms with Gasteiger partial charge in [-0.2, -0.15) is 0 Å². The third kappa shape index (κ3) is 7.08. The van der Waals surface area contributed by atoms with Crippen molar-refractivity contribution in [3.8, 4) is 0 Å². The molecule has 0 saturated heterocycles. The fourth-order valence-electron chi connectivity index (χ4n) is 3.65. The van der Waals surface area contributed by atoms with Crippen molar-refractivity contribution >= 4 is 35.7 Å². The summed E-state index contributed by atoms with van der Waals surface area (Å²) in [6, 6.07) is 36.3. The van der Waals surface area contributed by atoms with Gasteiger partial charge in [0.2, 0.25) is 0 Å². The minimum Gasteiger partial charge on any atom is -0.356 e. The van der Waals surface area contributed by atoms with Crippen LogP contribution in [0.25, 0.3) is 24.3 Å². The van der Waals surface area contributed by atoms with Crippen molar-refractivity contribution in [2.75, 3.05) is 5.32 Å². The predicted molar refractivity (Wildman–Crippen MR) is 146 cm³/mol. The molecular weight excluding hydrogens is 398 g/mol. The molecule has 0 aliphatic rings. The van der Waals surface area contributed by atoms with Crippen LogP contribution in [0.1, 0.15) is 47.6 Å². The van der Waals surface area contributed by atoms with Crippen molar-refractivity contribution in [1.29, 1.82) is 0 Å². The number of unbranched alkanes of at least 4 members (excludes halogenated alkanes) is 1. The first kappa shape index (κ1) is 22.4. The Bertz CT molecular complexity index is 1170. The van der Waals surface area contributed by atoms with E-state index in [0.717, 1.165) is 17.8 Å². The Morgan fingerprint density at radius 2 is 0.939 bits per heavy atom. The highest BCUT2D eigenvalue weighted by Crippen LogP contribution is 2.20. The lowest BCUT2D eigenvalue weighted by molar-refractivity contribution is 0.795. The van der Waals surface area contributed by atoms with Crippen LogP contribution < -0.4 is 5.32 Å². The Morgan fingerprint density at radius 1 is 0.515 bits per heavy atom. The second kappa shape index (κ2) is 11.7. The molecule has 0 aromatic heterocycles. The third-order valence-electron chi connectivity index (χ3n) is 5.64. The summed E-state index contributed by atoms with van der Waals surface area (Å²) >= 11 is 0. The van der Waals surface area contributed by atoms with E-state index in [9.17, 15) is 0 Å². The van der Waals surface area contributed by atoms with E-state index < -0.39 is 0 Å². The van der Waals surface area contributed by atoms with Crippen LogP contribution in [0.4, 0.5) is 11.4 Å². The summed E-state index contributed by atoms with van der Waals surface area (Å²) in [6.07, 6.45) is 12.2. The Kier molecular flexibility index (Phi) is 7.92. The van der Waals surface area contributed by atoms with Crippen molar-refractivity contribution in [2.45, 2.75) is 26.2 Å². The van der Waals surface area contributed by atoms with Gasteiger partial charge in [-0.05, 0) is 64.9 Å². The monoisotopic (exact) mass is 429 g/mol. The molecule has 0 bridgehead atoms. The lowest BCUT2D eigenvalue weighted by atomic mass is 10.1. The second-order valence-corrected chi connectivity index (χ2v) is 8.29. The minimum atomic E-state index is 1.10. The first-order chi connectivity index (χ1) is 16.3. The highest BCUT2D eigenvalue weighted by molar-refractivity contribution is 5.73. The van der Waals surface area contributed by atoms with Crippen LogP contribution in [0.5, 0.6) is 0 Å². The summed E-state index contributed by atoms with van der Waals surface area (Å²) in [5.74, 6) is 0. The van der Waals surface area contributed by atoms with Crippen LogP contribution in [-0.4, -0.2) is 0 Å². The number of hydrogen-bond acceptors (Lipinski definition) is 1. The maximum absolute atomic E-state index is 3.49. The molecule has 0 radical (unpaired) electrons. The van der Waals surface area contributed by atoms with Gasteiger partial charge in [0, 0.05) is 11.4 Å². The number of anilines is 2. The SMILES string of the molecule is CCCCc1ccc(Nc2ccc(/C=C/c3ccc(/C=C/c4ccccc4)cc3)cc2)cc1. The number of hydrogen-bond donors (Lipinski definition) is 1. The maximum Gasteiger partial charge on any atom is 0.0384 e. The largest absolute Gasteiger partial charge is 0.356 e. The fraction of sp³-hybridized carbons (Fsp3) is 0.125. The topological polar surface area (TPSA) is 12.0 Å². The normalized spacial score (nSPS) is 11.3. The number of rotatable bonds is 9. The summed E-state index contributed by atoms with van der Waals surface area (Å²) in [4.78, 5) is 0. The van der Waals surface area contributed by atoms with Crippen LogP contribution in [0, 0.1) is 0 Å². The van der Waals surface area contributed by atoms with Gasteiger partial charge >= 0.3 is 0 Å². The van der Waals surface area contributed by atoms with Crippen LogP contribution >= 0.6 is 0 Å².